The van der Waals surface area contributed by atoms with Crippen molar-refractivity contribution < 1.29 is 0 Å². The van der Waals surface area contributed by atoms with Gasteiger partial charge in [-0.1, -0.05) is 34.1 Å². The van der Waals surface area contributed by atoms with Crippen molar-refractivity contribution in [3.8, 4) is 0 Å². The van der Waals surface area contributed by atoms with E-state index in [-0.39, 0.29) is 5.41 Å². The molecule has 0 spiro atoms. The van der Waals surface area contributed by atoms with Crippen LogP contribution < -0.4 is 5.32 Å². The smallest absolute Gasteiger partial charge is 0.262 e. The second-order valence-corrected chi connectivity index (χ2v) is 4.58. The van der Waals surface area contributed by atoms with E-state index in [1.165, 1.54) is 0 Å². The van der Waals surface area contributed by atoms with Gasteiger partial charge in [0.1, 0.15) is 0 Å². The Bertz CT molecular complexity index is 288. The summed E-state index contributed by atoms with van der Waals surface area (Å²) in [5.74, 6) is 1.18. The molecule has 0 saturated heterocycles. The predicted molar refractivity (Wildman–Crippen MR) is 59.7 cm³/mol. The average molecular weight is 209 g/mol. The molecule has 5 heteroatoms. The lowest BCUT2D eigenvalue weighted by Gasteiger charge is -2.14. The highest BCUT2D eigenvalue weighted by Gasteiger charge is 2.18. The summed E-state index contributed by atoms with van der Waals surface area (Å²) in [7, 11) is 0. The molecule has 0 saturated carbocycles. The number of rotatable bonds is 4. The van der Waals surface area contributed by atoms with Crippen molar-refractivity contribution in [2.45, 2.75) is 46.0 Å². The molecule has 1 heterocycles. The highest BCUT2D eigenvalue weighted by molar-refractivity contribution is 5.19. The normalized spacial score (nSPS) is 11.5. The lowest BCUT2D eigenvalue weighted by molar-refractivity contribution is 0.519. The molecular weight excluding hydrogens is 190 g/mol. The van der Waals surface area contributed by atoms with Crippen LogP contribution in [-0.2, 0) is 5.41 Å². The van der Waals surface area contributed by atoms with Crippen LogP contribution in [0.15, 0.2) is 0 Å². The Morgan fingerprint density at radius 2 is 1.67 bits per heavy atom. The van der Waals surface area contributed by atoms with Gasteiger partial charge in [0.2, 0.25) is 0 Å². The van der Waals surface area contributed by atoms with E-state index in [0.717, 1.165) is 19.4 Å². The van der Waals surface area contributed by atoms with E-state index in [0.29, 0.717) is 11.8 Å². The summed E-state index contributed by atoms with van der Waals surface area (Å²) in [5, 5.41) is 19.1. The average Bonchev–Trinajstić information content (AvgIpc) is 2.18. The monoisotopic (exact) mass is 209 g/mol. The van der Waals surface area contributed by atoms with Crippen LogP contribution in [0.5, 0.6) is 0 Å². The Balaban J connectivity index is 2.57. The highest BCUT2D eigenvalue weighted by Crippen LogP contribution is 2.15. The zero-order valence-electron chi connectivity index (χ0n) is 9.91. The van der Waals surface area contributed by atoms with Gasteiger partial charge in [0, 0.05) is 12.0 Å². The molecule has 1 aromatic rings. The van der Waals surface area contributed by atoms with Crippen LogP contribution in [0.2, 0.25) is 0 Å². The van der Waals surface area contributed by atoms with Gasteiger partial charge in [0.05, 0.1) is 0 Å². The van der Waals surface area contributed by atoms with Crippen molar-refractivity contribution in [3.05, 3.63) is 5.82 Å². The molecule has 0 atom stereocenters. The molecule has 5 nitrogen and oxygen atoms in total. The maximum Gasteiger partial charge on any atom is 0.262 e. The number of unbranched alkanes of at least 4 members (excludes halogenated alkanes) is 1. The number of aromatic nitrogens is 4. The minimum atomic E-state index is -0.0953. The lowest BCUT2D eigenvalue weighted by atomic mass is 9.96. The second kappa shape index (κ2) is 5.00. The van der Waals surface area contributed by atoms with Gasteiger partial charge in [-0.3, -0.25) is 0 Å². The third-order valence-corrected chi connectivity index (χ3v) is 1.96. The summed E-state index contributed by atoms with van der Waals surface area (Å²) in [6.07, 6.45) is 2.25. The molecule has 1 N–H and O–H groups in total. The quantitative estimate of drug-likeness (QED) is 0.766. The topological polar surface area (TPSA) is 63.6 Å². The second-order valence-electron chi connectivity index (χ2n) is 4.58. The van der Waals surface area contributed by atoms with Crippen LogP contribution in [0, 0.1) is 0 Å². The first-order valence-electron chi connectivity index (χ1n) is 5.36. The third kappa shape index (κ3) is 3.77. The molecule has 0 radical (unpaired) electrons. The zero-order chi connectivity index (χ0) is 11.3. The Morgan fingerprint density at radius 1 is 1.07 bits per heavy atom. The van der Waals surface area contributed by atoms with Crippen molar-refractivity contribution >= 4 is 5.95 Å². The fourth-order valence-corrected chi connectivity index (χ4v) is 0.977. The predicted octanol–water partition coefficient (Wildman–Crippen LogP) is 1.78. The molecule has 1 rings (SSSR count). The Labute approximate surface area is 90.7 Å². The summed E-state index contributed by atoms with van der Waals surface area (Å²) < 4.78 is 0. The van der Waals surface area contributed by atoms with E-state index < -0.39 is 0 Å². The number of anilines is 1. The number of nitrogens with one attached hydrogen (secondary N) is 1. The van der Waals surface area contributed by atoms with Gasteiger partial charge in [-0.2, -0.15) is 0 Å². The summed E-state index contributed by atoms with van der Waals surface area (Å²) in [5.41, 5.74) is -0.0953. The first kappa shape index (κ1) is 11.8. The van der Waals surface area contributed by atoms with Crippen molar-refractivity contribution in [1.82, 2.24) is 20.4 Å². The molecule has 0 fully saturated rings. The SMILES string of the molecule is CCCCNc1nnc(C(C)(C)C)nn1. The van der Waals surface area contributed by atoms with Gasteiger partial charge < -0.3 is 5.32 Å². The fourth-order valence-electron chi connectivity index (χ4n) is 0.977. The largest absolute Gasteiger partial charge is 0.352 e. The molecule has 84 valence electrons. The van der Waals surface area contributed by atoms with E-state index in [1.54, 1.807) is 0 Å². The minimum Gasteiger partial charge on any atom is -0.352 e. The van der Waals surface area contributed by atoms with Crippen LogP contribution in [-0.4, -0.2) is 26.9 Å². The van der Waals surface area contributed by atoms with Gasteiger partial charge in [-0.15, -0.1) is 20.4 Å². The van der Waals surface area contributed by atoms with Crippen molar-refractivity contribution in [2.24, 2.45) is 0 Å². The summed E-state index contributed by atoms with van der Waals surface area (Å²) in [4.78, 5) is 0. The molecule has 0 aliphatic carbocycles. The van der Waals surface area contributed by atoms with Crippen molar-refractivity contribution in [3.63, 3.8) is 0 Å². The number of hydrogen-bond acceptors (Lipinski definition) is 5. The van der Waals surface area contributed by atoms with Gasteiger partial charge in [0.25, 0.3) is 5.95 Å². The first-order valence-corrected chi connectivity index (χ1v) is 5.36. The van der Waals surface area contributed by atoms with Crippen LogP contribution >= 0.6 is 0 Å². The van der Waals surface area contributed by atoms with Crippen LogP contribution in [0.3, 0.4) is 0 Å². The molecule has 0 bridgehead atoms. The minimum absolute atomic E-state index is 0.0953. The third-order valence-electron chi connectivity index (χ3n) is 1.96. The summed E-state index contributed by atoms with van der Waals surface area (Å²) in [6.45, 7) is 9.12. The van der Waals surface area contributed by atoms with E-state index in [9.17, 15) is 0 Å². The van der Waals surface area contributed by atoms with E-state index in [1.807, 2.05) is 20.8 Å². The van der Waals surface area contributed by atoms with Gasteiger partial charge >= 0.3 is 0 Å². The zero-order valence-corrected chi connectivity index (χ0v) is 9.91. The maximum absolute atomic E-state index is 4.04. The van der Waals surface area contributed by atoms with Crippen molar-refractivity contribution in [1.29, 1.82) is 0 Å². The standard InChI is InChI=1S/C10H19N5/c1-5-6-7-11-9-14-12-8(13-15-9)10(2,3)4/h5-7H2,1-4H3,(H,11,14,15). The lowest BCUT2D eigenvalue weighted by Crippen LogP contribution is -2.19. The fraction of sp³-hybridized carbons (Fsp3) is 0.800. The highest BCUT2D eigenvalue weighted by atomic mass is 15.3. The van der Waals surface area contributed by atoms with E-state index in [4.69, 9.17) is 0 Å². The van der Waals surface area contributed by atoms with Crippen molar-refractivity contribution in [2.75, 3.05) is 11.9 Å². The molecule has 1 aromatic heterocycles. The molecule has 0 unspecified atom stereocenters. The molecular formula is C10H19N5. The van der Waals surface area contributed by atoms with Gasteiger partial charge in [-0.25, -0.2) is 0 Å². The van der Waals surface area contributed by atoms with Crippen LogP contribution in [0.4, 0.5) is 5.95 Å². The number of nitrogens with zero attached hydrogens (tertiary/aromatic N) is 4. The number of hydrogen-bond donors (Lipinski definition) is 1. The Hall–Kier alpha value is -1.26. The Kier molecular flexibility index (Phi) is 3.94. The maximum atomic E-state index is 4.04. The van der Waals surface area contributed by atoms with E-state index in [2.05, 4.69) is 32.6 Å². The Morgan fingerprint density at radius 3 is 2.13 bits per heavy atom. The van der Waals surface area contributed by atoms with Gasteiger partial charge in [0.15, 0.2) is 5.82 Å². The molecule has 0 aliphatic heterocycles. The summed E-state index contributed by atoms with van der Waals surface area (Å²) in [6, 6.07) is 0. The molecule has 0 aromatic carbocycles. The van der Waals surface area contributed by atoms with Crippen LogP contribution in [0.1, 0.15) is 46.4 Å². The summed E-state index contributed by atoms with van der Waals surface area (Å²) >= 11 is 0. The molecule has 15 heavy (non-hydrogen) atoms. The molecule has 0 aliphatic rings. The van der Waals surface area contributed by atoms with Crippen LogP contribution in [0.25, 0.3) is 0 Å². The van der Waals surface area contributed by atoms with E-state index >= 15 is 0 Å². The van der Waals surface area contributed by atoms with Gasteiger partial charge in [-0.05, 0) is 6.42 Å². The molecule has 0 amide bonds. The first-order chi connectivity index (χ1) is 7.04.